The fraction of sp³-hybridized carbons (Fsp3) is 0.417. The second kappa shape index (κ2) is 10.3. The molecule has 2 atom stereocenters. The summed E-state index contributed by atoms with van der Waals surface area (Å²) in [5.41, 5.74) is 3.15. The van der Waals surface area contributed by atoms with Crippen LogP contribution in [-0.4, -0.2) is 35.2 Å². The molecule has 2 heterocycles. The third kappa shape index (κ3) is 5.12. The van der Waals surface area contributed by atoms with Crippen LogP contribution < -0.4 is 10.6 Å². The number of thiazole rings is 1. The van der Waals surface area contributed by atoms with Crippen LogP contribution in [0.2, 0.25) is 5.02 Å². The van der Waals surface area contributed by atoms with E-state index in [0.29, 0.717) is 18.4 Å². The molecule has 3 N–H and O–H groups in total. The maximum Gasteiger partial charge on any atom is 0.248 e. The minimum absolute atomic E-state index is 0.0772. The van der Waals surface area contributed by atoms with E-state index in [-0.39, 0.29) is 29.6 Å². The molecule has 2 aliphatic rings. The van der Waals surface area contributed by atoms with Gasteiger partial charge < -0.3 is 15.7 Å². The third-order valence-corrected chi connectivity index (χ3v) is 7.61. The van der Waals surface area contributed by atoms with Crippen LogP contribution >= 0.6 is 22.9 Å². The topological polar surface area (TPSA) is 74.2 Å². The largest absolute Gasteiger partial charge is 0.396 e. The Balaban J connectivity index is 1.49. The minimum Gasteiger partial charge on any atom is -0.396 e. The number of carbonyl (C=O) groups excluding carboxylic acids is 1. The van der Waals surface area contributed by atoms with E-state index in [1.165, 1.54) is 12.1 Å². The summed E-state index contributed by atoms with van der Waals surface area (Å²) in [5.74, 6) is -0.608. The van der Waals surface area contributed by atoms with Gasteiger partial charge >= 0.3 is 0 Å². The second-order valence-electron chi connectivity index (χ2n) is 8.23. The van der Waals surface area contributed by atoms with E-state index >= 15 is 0 Å². The lowest BCUT2D eigenvalue weighted by molar-refractivity contribution is -0.118. The number of halogens is 2. The molecule has 5 nitrogen and oxygen atoms in total. The molecule has 0 radical (unpaired) electrons. The summed E-state index contributed by atoms with van der Waals surface area (Å²) in [6, 6.07) is 4.57. The summed E-state index contributed by atoms with van der Waals surface area (Å²) in [6.07, 6.45) is 7.85. The van der Waals surface area contributed by atoms with E-state index in [9.17, 15) is 14.3 Å². The van der Waals surface area contributed by atoms with Gasteiger partial charge in [0, 0.05) is 35.9 Å². The van der Waals surface area contributed by atoms with Gasteiger partial charge in [-0.15, -0.1) is 11.3 Å². The number of aromatic nitrogens is 1. The van der Waals surface area contributed by atoms with Crippen molar-refractivity contribution in [3.8, 4) is 0 Å². The number of allylic oxidation sites excluding steroid dienone is 3. The van der Waals surface area contributed by atoms with Crippen molar-refractivity contribution in [3.05, 3.63) is 67.9 Å². The van der Waals surface area contributed by atoms with Gasteiger partial charge in [-0.1, -0.05) is 36.2 Å². The van der Waals surface area contributed by atoms with Crippen LogP contribution in [0.3, 0.4) is 0 Å². The summed E-state index contributed by atoms with van der Waals surface area (Å²) in [4.78, 5) is 19.0. The van der Waals surface area contributed by atoms with E-state index in [0.717, 1.165) is 52.5 Å². The average Bonchev–Trinajstić information content (AvgIpc) is 3.42. The number of hydrogen-bond donors (Lipinski definition) is 3. The number of aliphatic hydroxyl groups excluding tert-OH is 1. The number of rotatable bonds is 7. The van der Waals surface area contributed by atoms with E-state index < -0.39 is 5.82 Å². The molecule has 0 bridgehead atoms. The van der Waals surface area contributed by atoms with Crippen molar-refractivity contribution >= 4 is 34.4 Å². The first-order valence-electron chi connectivity index (χ1n) is 10.9. The third-order valence-electron chi connectivity index (χ3n) is 6.00. The van der Waals surface area contributed by atoms with Crippen molar-refractivity contribution in [1.82, 2.24) is 15.6 Å². The highest BCUT2D eigenvalue weighted by molar-refractivity contribution is 7.11. The zero-order valence-corrected chi connectivity index (χ0v) is 19.5. The molecule has 4 rings (SSSR count). The molecule has 32 heavy (non-hydrogen) atoms. The summed E-state index contributed by atoms with van der Waals surface area (Å²) in [5, 5.41) is 17.0. The average molecular weight is 476 g/mol. The lowest BCUT2D eigenvalue weighted by Crippen LogP contribution is -2.46. The maximum absolute atomic E-state index is 13.9. The van der Waals surface area contributed by atoms with Crippen molar-refractivity contribution < 1.29 is 14.3 Å². The molecule has 1 amide bonds. The highest BCUT2D eigenvalue weighted by Crippen LogP contribution is 2.33. The van der Waals surface area contributed by atoms with Crippen molar-refractivity contribution in [1.29, 1.82) is 0 Å². The molecule has 0 saturated carbocycles. The predicted octanol–water partition coefficient (Wildman–Crippen LogP) is 4.49. The van der Waals surface area contributed by atoms with Gasteiger partial charge in [0.2, 0.25) is 5.91 Å². The zero-order valence-electron chi connectivity index (χ0n) is 18.0. The standard InChI is InChI=1S/C24H27ClFN3O2S/c1-14-21(9-11-30)32-24(28-14)22(20-4-2-3-10-27-20)29-23(31)17-6-5-15(12-17)16-7-8-18(25)19(26)13-16/h5-8,13,20,22,27,30H,2-4,9-12H2,1H3,(H,29,31). The number of aryl methyl sites for hydroxylation is 1. The molecule has 0 spiro atoms. The van der Waals surface area contributed by atoms with Crippen LogP contribution in [0.1, 0.15) is 52.9 Å². The van der Waals surface area contributed by atoms with Crippen LogP contribution in [0.5, 0.6) is 0 Å². The van der Waals surface area contributed by atoms with Crippen LogP contribution in [0.15, 0.2) is 35.9 Å². The lowest BCUT2D eigenvalue weighted by Gasteiger charge is -2.31. The number of amides is 1. The Morgan fingerprint density at radius 3 is 2.97 bits per heavy atom. The van der Waals surface area contributed by atoms with Gasteiger partial charge in [-0.3, -0.25) is 4.79 Å². The first-order chi connectivity index (χ1) is 15.5. The first kappa shape index (κ1) is 23.1. The summed E-state index contributed by atoms with van der Waals surface area (Å²) >= 11 is 7.35. The fourth-order valence-corrected chi connectivity index (χ4v) is 5.51. The highest BCUT2D eigenvalue weighted by atomic mass is 35.5. The highest BCUT2D eigenvalue weighted by Gasteiger charge is 2.31. The smallest absolute Gasteiger partial charge is 0.248 e. The number of benzene rings is 1. The number of nitrogens with one attached hydrogen (secondary N) is 2. The van der Waals surface area contributed by atoms with Crippen molar-refractivity contribution in [2.75, 3.05) is 13.2 Å². The number of carbonyl (C=O) groups is 1. The Morgan fingerprint density at radius 2 is 2.25 bits per heavy atom. The van der Waals surface area contributed by atoms with Gasteiger partial charge in [0.1, 0.15) is 10.8 Å². The quantitative estimate of drug-likeness (QED) is 0.551. The fourth-order valence-electron chi connectivity index (χ4n) is 4.22. The van der Waals surface area contributed by atoms with Crippen LogP contribution in [0, 0.1) is 12.7 Å². The van der Waals surface area contributed by atoms with E-state index in [1.807, 2.05) is 13.0 Å². The molecule has 2 unspecified atom stereocenters. The normalized spacial score (nSPS) is 19.4. The maximum atomic E-state index is 13.9. The summed E-state index contributed by atoms with van der Waals surface area (Å²) in [7, 11) is 0. The number of aliphatic hydroxyl groups is 1. The van der Waals surface area contributed by atoms with E-state index in [2.05, 4.69) is 10.6 Å². The zero-order chi connectivity index (χ0) is 22.7. The first-order valence-corrected chi connectivity index (χ1v) is 12.1. The Morgan fingerprint density at radius 1 is 1.41 bits per heavy atom. The van der Waals surface area contributed by atoms with Crippen LogP contribution in [0.4, 0.5) is 4.39 Å². The molecule has 170 valence electrons. The SMILES string of the molecule is Cc1nc(C(NC(=O)C2=CC=C(c3ccc(Cl)c(F)c3)C2)C2CCCCN2)sc1CCO. The predicted molar refractivity (Wildman–Crippen MR) is 126 cm³/mol. The van der Waals surface area contributed by atoms with Crippen LogP contribution in [0.25, 0.3) is 5.57 Å². The molecular weight excluding hydrogens is 449 g/mol. The molecule has 2 aromatic rings. The summed E-state index contributed by atoms with van der Waals surface area (Å²) in [6.45, 7) is 2.94. The second-order valence-corrected chi connectivity index (χ2v) is 9.75. The van der Waals surface area contributed by atoms with E-state index in [1.54, 1.807) is 23.5 Å². The monoisotopic (exact) mass is 475 g/mol. The van der Waals surface area contributed by atoms with Gasteiger partial charge in [0.15, 0.2) is 0 Å². The molecule has 1 aromatic carbocycles. The summed E-state index contributed by atoms with van der Waals surface area (Å²) < 4.78 is 13.9. The Bertz CT molecular complexity index is 1060. The van der Waals surface area contributed by atoms with E-state index in [4.69, 9.17) is 16.6 Å². The Labute approximate surface area is 196 Å². The molecule has 1 fully saturated rings. The number of hydrogen-bond acceptors (Lipinski definition) is 5. The molecule has 1 aromatic heterocycles. The van der Waals surface area contributed by atoms with Gasteiger partial charge in [0.05, 0.1) is 16.8 Å². The van der Waals surface area contributed by atoms with Gasteiger partial charge in [-0.05, 0) is 49.6 Å². The number of nitrogens with zero attached hydrogens (tertiary/aromatic N) is 1. The van der Waals surface area contributed by atoms with Crippen molar-refractivity contribution in [2.45, 2.75) is 51.1 Å². The Hall–Kier alpha value is -2.06. The number of piperidine rings is 1. The van der Waals surface area contributed by atoms with Gasteiger partial charge in [-0.25, -0.2) is 9.37 Å². The molecule has 1 saturated heterocycles. The van der Waals surface area contributed by atoms with Crippen molar-refractivity contribution in [2.24, 2.45) is 0 Å². The molecule has 8 heteroatoms. The van der Waals surface area contributed by atoms with Crippen molar-refractivity contribution in [3.63, 3.8) is 0 Å². The molecule has 1 aliphatic carbocycles. The Kier molecular flexibility index (Phi) is 7.40. The molecular formula is C24H27ClFN3O2S. The molecule has 1 aliphatic heterocycles. The lowest BCUT2D eigenvalue weighted by atomic mass is 9.97. The van der Waals surface area contributed by atoms with Gasteiger partial charge in [0.25, 0.3) is 0 Å². The van der Waals surface area contributed by atoms with Gasteiger partial charge in [-0.2, -0.15) is 0 Å². The van der Waals surface area contributed by atoms with Crippen LogP contribution in [-0.2, 0) is 11.2 Å². The minimum atomic E-state index is -0.468.